The van der Waals surface area contributed by atoms with Crippen molar-refractivity contribution in [2.75, 3.05) is 26.7 Å². The summed E-state index contributed by atoms with van der Waals surface area (Å²) < 4.78 is 0. The standard InChI is InChI=1S/C13H22N2OS/c1-15-7-3-2-5-11(15)9-14-10-12(16)13-6-4-8-17-13/h4,6,8,11-12,14,16H,2-3,5,7,9-10H2,1H3. The summed E-state index contributed by atoms with van der Waals surface area (Å²) in [5.74, 6) is 0. The van der Waals surface area contributed by atoms with Crippen molar-refractivity contribution in [2.24, 2.45) is 0 Å². The van der Waals surface area contributed by atoms with E-state index in [1.165, 1.54) is 25.8 Å². The average molecular weight is 254 g/mol. The summed E-state index contributed by atoms with van der Waals surface area (Å²) in [6, 6.07) is 4.61. The molecule has 1 aromatic rings. The van der Waals surface area contributed by atoms with Crippen LogP contribution in [-0.2, 0) is 0 Å². The van der Waals surface area contributed by atoms with E-state index in [2.05, 4.69) is 17.3 Å². The molecule has 1 saturated heterocycles. The molecule has 1 aliphatic heterocycles. The van der Waals surface area contributed by atoms with Gasteiger partial charge < -0.3 is 15.3 Å². The normalized spacial score (nSPS) is 23.8. The number of hydrogen-bond donors (Lipinski definition) is 2. The Bertz CT molecular complexity index is 315. The van der Waals surface area contributed by atoms with Gasteiger partial charge in [0.05, 0.1) is 0 Å². The van der Waals surface area contributed by atoms with Crippen LogP contribution >= 0.6 is 11.3 Å². The molecule has 0 radical (unpaired) electrons. The quantitative estimate of drug-likeness (QED) is 0.842. The molecule has 1 aromatic heterocycles. The van der Waals surface area contributed by atoms with Crippen LogP contribution in [0.2, 0.25) is 0 Å². The molecule has 2 rings (SSSR count). The summed E-state index contributed by atoms with van der Waals surface area (Å²) in [6.45, 7) is 2.85. The molecular formula is C13H22N2OS. The number of hydrogen-bond acceptors (Lipinski definition) is 4. The van der Waals surface area contributed by atoms with E-state index in [1.54, 1.807) is 11.3 Å². The fraction of sp³-hybridized carbons (Fsp3) is 0.692. The van der Waals surface area contributed by atoms with E-state index in [-0.39, 0.29) is 6.10 Å². The van der Waals surface area contributed by atoms with Crippen LogP contribution in [0.25, 0.3) is 0 Å². The van der Waals surface area contributed by atoms with Gasteiger partial charge >= 0.3 is 0 Å². The first-order valence-corrected chi connectivity index (χ1v) is 7.28. The van der Waals surface area contributed by atoms with Crippen LogP contribution < -0.4 is 5.32 Å². The summed E-state index contributed by atoms with van der Waals surface area (Å²) in [4.78, 5) is 3.48. The summed E-state index contributed by atoms with van der Waals surface area (Å²) >= 11 is 1.62. The van der Waals surface area contributed by atoms with Crippen LogP contribution in [0.1, 0.15) is 30.2 Å². The highest BCUT2D eigenvalue weighted by Gasteiger charge is 2.18. The third-order valence-electron chi connectivity index (χ3n) is 3.51. The second-order valence-electron chi connectivity index (χ2n) is 4.82. The smallest absolute Gasteiger partial charge is 0.101 e. The van der Waals surface area contributed by atoms with Gasteiger partial charge in [0.15, 0.2) is 0 Å². The van der Waals surface area contributed by atoms with Crippen molar-refractivity contribution in [3.8, 4) is 0 Å². The Kier molecular flexibility index (Phi) is 4.98. The number of aliphatic hydroxyl groups is 1. The molecule has 2 N–H and O–H groups in total. The molecule has 17 heavy (non-hydrogen) atoms. The van der Waals surface area contributed by atoms with Gasteiger partial charge in [0.1, 0.15) is 6.10 Å². The molecule has 0 bridgehead atoms. The van der Waals surface area contributed by atoms with E-state index < -0.39 is 0 Å². The molecule has 1 fully saturated rings. The summed E-state index contributed by atoms with van der Waals surface area (Å²) in [7, 11) is 2.20. The number of likely N-dealkylation sites (tertiary alicyclic amines) is 1. The van der Waals surface area contributed by atoms with E-state index >= 15 is 0 Å². The maximum atomic E-state index is 9.94. The van der Waals surface area contributed by atoms with Crippen LogP contribution in [0.5, 0.6) is 0 Å². The van der Waals surface area contributed by atoms with Crippen LogP contribution in [-0.4, -0.2) is 42.7 Å². The van der Waals surface area contributed by atoms with Crippen molar-refractivity contribution in [3.63, 3.8) is 0 Å². The van der Waals surface area contributed by atoms with Crippen molar-refractivity contribution in [2.45, 2.75) is 31.4 Å². The number of nitrogens with zero attached hydrogens (tertiary/aromatic N) is 1. The van der Waals surface area contributed by atoms with Crippen LogP contribution in [0.3, 0.4) is 0 Å². The zero-order chi connectivity index (χ0) is 12.1. The zero-order valence-corrected chi connectivity index (χ0v) is 11.2. The van der Waals surface area contributed by atoms with E-state index in [9.17, 15) is 5.11 Å². The highest BCUT2D eigenvalue weighted by Crippen LogP contribution is 2.18. The SMILES string of the molecule is CN1CCCCC1CNCC(O)c1cccs1. The maximum absolute atomic E-state index is 9.94. The van der Waals surface area contributed by atoms with Crippen LogP contribution in [0.15, 0.2) is 17.5 Å². The maximum Gasteiger partial charge on any atom is 0.101 e. The fourth-order valence-electron chi connectivity index (χ4n) is 2.37. The lowest BCUT2D eigenvalue weighted by molar-refractivity contribution is 0.155. The molecule has 2 atom stereocenters. The molecule has 0 aliphatic carbocycles. The number of likely N-dealkylation sites (N-methyl/N-ethyl adjacent to an activating group) is 1. The van der Waals surface area contributed by atoms with E-state index in [0.717, 1.165) is 11.4 Å². The molecule has 0 amide bonds. The first-order chi connectivity index (χ1) is 8.27. The second-order valence-corrected chi connectivity index (χ2v) is 5.80. The molecule has 4 heteroatoms. The second kappa shape index (κ2) is 6.50. The third kappa shape index (κ3) is 3.78. The summed E-state index contributed by atoms with van der Waals surface area (Å²) in [5, 5.41) is 15.3. The minimum absolute atomic E-state index is 0.358. The largest absolute Gasteiger partial charge is 0.386 e. The number of piperidine rings is 1. The Hall–Kier alpha value is -0.420. The van der Waals surface area contributed by atoms with E-state index in [1.807, 2.05) is 17.5 Å². The first-order valence-electron chi connectivity index (χ1n) is 6.40. The number of nitrogens with one attached hydrogen (secondary N) is 1. The van der Waals surface area contributed by atoms with Crippen LogP contribution in [0, 0.1) is 0 Å². The topological polar surface area (TPSA) is 35.5 Å². The lowest BCUT2D eigenvalue weighted by atomic mass is 10.0. The third-order valence-corrected chi connectivity index (χ3v) is 4.48. The van der Waals surface area contributed by atoms with Gasteiger partial charge in [-0.3, -0.25) is 0 Å². The molecule has 1 aliphatic rings. The number of aliphatic hydroxyl groups excluding tert-OH is 1. The summed E-state index contributed by atoms with van der Waals surface area (Å²) in [5.41, 5.74) is 0. The van der Waals surface area contributed by atoms with Crippen molar-refractivity contribution in [3.05, 3.63) is 22.4 Å². The van der Waals surface area contributed by atoms with E-state index in [4.69, 9.17) is 0 Å². The monoisotopic (exact) mass is 254 g/mol. The molecule has 0 spiro atoms. The van der Waals surface area contributed by atoms with Gasteiger partial charge in [0.2, 0.25) is 0 Å². The minimum atomic E-state index is -0.358. The van der Waals surface area contributed by atoms with Crippen molar-refractivity contribution in [1.82, 2.24) is 10.2 Å². The zero-order valence-electron chi connectivity index (χ0n) is 10.4. The van der Waals surface area contributed by atoms with Crippen molar-refractivity contribution >= 4 is 11.3 Å². The van der Waals surface area contributed by atoms with Crippen molar-refractivity contribution < 1.29 is 5.11 Å². The van der Waals surface area contributed by atoms with Gasteiger partial charge in [-0.1, -0.05) is 12.5 Å². The predicted octanol–water partition coefficient (Wildman–Crippen LogP) is 1.86. The molecular weight excluding hydrogens is 232 g/mol. The van der Waals surface area contributed by atoms with E-state index in [0.29, 0.717) is 12.6 Å². The first kappa shape index (κ1) is 13.0. The molecule has 3 nitrogen and oxygen atoms in total. The van der Waals surface area contributed by atoms with Gasteiger partial charge in [0, 0.05) is 24.0 Å². The molecule has 2 unspecified atom stereocenters. The highest BCUT2D eigenvalue weighted by molar-refractivity contribution is 7.10. The Morgan fingerprint density at radius 2 is 2.47 bits per heavy atom. The minimum Gasteiger partial charge on any atom is -0.386 e. The van der Waals surface area contributed by atoms with Gasteiger partial charge in [-0.25, -0.2) is 0 Å². The van der Waals surface area contributed by atoms with Gasteiger partial charge in [-0.15, -0.1) is 11.3 Å². The van der Waals surface area contributed by atoms with Gasteiger partial charge in [-0.2, -0.15) is 0 Å². The van der Waals surface area contributed by atoms with Crippen molar-refractivity contribution in [1.29, 1.82) is 0 Å². The molecule has 0 aromatic carbocycles. The molecule has 0 saturated carbocycles. The molecule has 96 valence electrons. The van der Waals surface area contributed by atoms with Gasteiger partial charge in [-0.05, 0) is 37.9 Å². The number of thiophene rings is 1. The summed E-state index contributed by atoms with van der Waals surface area (Å²) in [6.07, 6.45) is 3.58. The fourth-order valence-corrected chi connectivity index (χ4v) is 3.08. The average Bonchev–Trinajstić information content (AvgIpc) is 2.85. The highest BCUT2D eigenvalue weighted by atomic mass is 32.1. The predicted molar refractivity (Wildman–Crippen MR) is 72.4 cm³/mol. The van der Waals surface area contributed by atoms with Crippen LogP contribution in [0.4, 0.5) is 0 Å². The molecule has 2 heterocycles. The Balaban J connectivity index is 1.68. The lowest BCUT2D eigenvalue weighted by Crippen LogP contribution is -2.43. The Labute approximate surface area is 107 Å². The Morgan fingerprint density at radius 3 is 3.18 bits per heavy atom. The Morgan fingerprint density at radius 1 is 1.59 bits per heavy atom. The lowest BCUT2D eigenvalue weighted by Gasteiger charge is -2.32. The number of rotatable bonds is 5. The van der Waals surface area contributed by atoms with Gasteiger partial charge in [0.25, 0.3) is 0 Å².